The molecule has 2 heterocycles. The van der Waals surface area contributed by atoms with E-state index in [0.29, 0.717) is 32.7 Å². The van der Waals surface area contributed by atoms with Crippen LogP contribution in [0.1, 0.15) is 23.1 Å². The Labute approximate surface area is 166 Å². The smallest absolute Gasteiger partial charge is 0.307 e. The fraction of sp³-hybridized carbons (Fsp3) is 0.150. The predicted octanol–water partition coefficient (Wildman–Crippen LogP) is 5.00. The monoisotopic (exact) mass is 401 g/mol. The van der Waals surface area contributed by atoms with E-state index in [-0.39, 0.29) is 6.42 Å². The van der Waals surface area contributed by atoms with Gasteiger partial charge in [0.2, 0.25) is 0 Å². The Morgan fingerprint density at radius 1 is 1.26 bits per heavy atom. The second kappa shape index (κ2) is 7.94. The lowest BCUT2D eigenvalue weighted by atomic mass is 9.93. The first-order valence-electron chi connectivity index (χ1n) is 8.21. The molecule has 0 saturated heterocycles. The summed E-state index contributed by atoms with van der Waals surface area (Å²) in [6.07, 6.45) is 3.17. The quantitative estimate of drug-likeness (QED) is 0.652. The zero-order chi connectivity index (χ0) is 19.6. The summed E-state index contributed by atoms with van der Waals surface area (Å²) in [5, 5.41) is 14.7. The van der Waals surface area contributed by atoms with E-state index in [0.717, 1.165) is 11.1 Å². The molecule has 0 radical (unpaired) electrons. The van der Waals surface area contributed by atoms with Crippen molar-refractivity contribution in [2.45, 2.75) is 13.3 Å². The summed E-state index contributed by atoms with van der Waals surface area (Å²) in [5.41, 5.74) is 4.32. The first-order valence-corrected chi connectivity index (χ1v) is 8.97. The van der Waals surface area contributed by atoms with Crippen LogP contribution in [-0.2, 0) is 11.8 Å². The highest BCUT2D eigenvalue weighted by Crippen LogP contribution is 2.38. The van der Waals surface area contributed by atoms with Crippen LogP contribution in [0.2, 0.25) is 10.2 Å². The number of aryl methyl sites for hydroxylation is 2. The lowest BCUT2D eigenvalue weighted by Gasteiger charge is -2.13. The fourth-order valence-corrected chi connectivity index (χ4v) is 3.35. The molecular formula is C20H17Cl2N3O2. The normalized spacial score (nSPS) is 11.6. The van der Waals surface area contributed by atoms with Gasteiger partial charge < -0.3 is 5.11 Å². The third-order valence-corrected chi connectivity index (χ3v) is 4.78. The number of carbonyl (C=O) groups is 1. The topological polar surface area (TPSA) is 68.0 Å². The molecular weight excluding hydrogens is 385 g/mol. The number of carboxylic acid groups (broad SMARTS) is 1. The van der Waals surface area contributed by atoms with Gasteiger partial charge in [-0.2, -0.15) is 5.10 Å². The number of aliphatic carboxylic acids is 1. The summed E-state index contributed by atoms with van der Waals surface area (Å²) >= 11 is 12.7. The number of halogens is 2. The molecule has 0 aliphatic heterocycles. The molecule has 1 N–H and O–H groups in total. The molecule has 0 aliphatic carbocycles. The third kappa shape index (κ3) is 4.04. The number of hydrogen-bond acceptors (Lipinski definition) is 3. The maximum Gasteiger partial charge on any atom is 0.307 e. The third-order valence-electron chi connectivity index (χ3n) is 4.11. The van der Waals surface area contributed by atoms with Crippen molar-refractivity contribution in [1.29, 1.82) is 0 Å². The Hall–Kier alpha value is -2.63. The van der Waals surface area contributed by atoms with Crippen LogP contribution >= 0.6 is 23.2 Å². The van der Waals surface area contributed by atoms with E-state index in [1.807, 2.05) is 37.3 Å². The first-order chi connectivity index (χ1) is 12.9. The SMILES string of the molecule is Cc1cc(Cl)ccc1C(=CCC(=O)O)c1c(-c2ccccn2)nn(C)c1Cl. The van der Waals surface area contributed by atoms with Gasteiger partial charge in [0.15, 0.2) is 0 Å². The maximum absolute atomic E-state index is 11.2. The molecule has 1 aromatic carbocycles. The summed E-state index contributed by atoms with van der Waals surface area (Å²) in [7, 11) is 1.74. The number of carboxylic acids is 1. The molecule has 7 heteroatoms. The van der Waals surface area contributed by atoms with Gasteiger partial charge in [-0.15, -0.1) is 0 Å². The summed E-state index contributed by atoms with van der Waals surface area (Å²) in [6.45, 7) is 1.92. The highest BCUT2D eigenvalue weighted by molar-refractivity contribution is 6.32. The number of benzene rings is 1. The van der Waals surface area contributed by atoms with Crippen molar-refractivity contribution in [3.05, 3.63) is 75.5 Å². The van der Waals surface area contributed by atoms with E-state index in [1.54, 1.807) is 30.1 Å². The highest BCUT2D eigenvalue weighted by atomic mass is 35.5. The van der Waals surface area contributed by atoms with Crippen LogP contribution in [-0.4, -0.2) is 25.8 Å². The van der Waals surface area contributed by atoms with Gasteiger partial charge in [0, 0.05) is 23.8 Å². The van der Waals surface area contributed by atoms with Crippen LogP contribution in [0.15, 0.2) is 48.7 Å². The molecule has 0 saturated carbocycles. The Morgan fingerprint density at radius 3 is 2.67 bits per heavy atom. The molecule has 0 amide bonds. The molecule has 0 fully saturated rings. The van der Waals surface area contributed by atoms with E-state index in [4.69, 9.17) is 23.2 Å². The molecule has 0 unspecified atom stereocenters. The summed E-state index contributed by atoms with van der Waals surface area (Å²) in [5.74, 6) is -0.932. The van der Waals surface area contributed by atoms with E-state index < -0.39 is 5.97 Å². The molecule has 3 rings (SSSR count). The van der Waals surface area contributed by atoms with Crippen molar-refractivity contribution in [1.82, 2.24) is 14.8 Å². The second-order valence-corrected chi connectivity index (χ2v) is 6.82. The minimum Gasteiger partial charge on any atom is -0.481 e. The van der Waals surface area contributed by atoms with Crippen LogP contribution < -0.4 is 0 Å². The average molecular weight is 402 g/mol. The van der Waals surface area contributed by atoms with Crippen LogP contribution in [0.25, 0.3) is 17.0 Å². The van der Waals surface area contributed by atoms with Crippen LogP contribution in [0.5, 0.6) is 0 Å². The number of aromatic nitrogens is 3. The summed E-state index contributed by atoms with van der Waals surface area (Å²) in [4.78, 5) is 15.6. The van der Waals surface area contributed by atoms with Crippen molar-refractivity contribution in [3.8, 4) is 11.4 Å². The number of hydrogen-bond donors (Lipinski definition) is 1. The minimum absolute atomic E-state index is 0.149. The van der Waals surface area contributed by atoms with Gasteiger partial charge >= 0.3 is 5.97 Å². The number of rotatable bonds is 5. The molecule has 138 valence electrons. The Balaban J connectivity index is 2.28. The zero-order valence-corrected chi connectivity index (χ0v) is 16.3. The maximum atomic E-state index is 11.2. The van der Waals surface area contributed by atoms with E-state index >= 15 is 0 Å². The van der Waals surface area contributed by atoms with E-state index in [9.17, 15) is 9.90 Å². The molecule has 0 spiro atoms. The van der Waals surface area contributed by atoms with Gasteiger partial charge in [-0.1, -0.05) is 41.4 Å². The zero-order valence-electron chi connectivity index (χ0n) is 14.8. The predicted molar refractivity (Wildman–Crippen MR) is 107 cm³/mol. The van der Waals surface area contributed by atoms with Crippen LogP contribution in [0.3, 0.4) is 0 Å². The minimum atomic E-state index is -0.932. The Bertz CT molecular complexity index is 1030. The highest BCUT2D eigenvalue weighted by Gasteiger charge is 2.23. The van der Waals surface area contributed by atoms with Gasteiger partial charge in [-0.3, -0.25) is 14.5 Å². The molecule has 5 nitrogen and oxygen atoms in total. The number of pyridine rings is 1. The van der Waals surface area contributed by atoms with Crippen molar-refractivity contribution in [3.63, 3.8) is 0 Å². The first kappa shape index (κ1) is 19.1. The van der Waals surface area contributed by atoms with Gasteiger partial charge in [0.05, 0.1) is 12.1 Å². The van der Waals surface area contributed by atoms with Gasteiger partial charge in [0.25, 0.3) is 0 Å². The van der Waals surface area contributed by atoms with Crippen molar-refractivity contribution < 1.29 is 9.90 Å². The largest absolute Gasteiger partial charge is 0.481 e. The number of nitrogens with zero attached hydrogens (tertiary/aromatic N) is 3. The molecule has 0 aliphatic rings. The summed E-state index contributed by atoms with van der Waals surface area (Å²) in [6, 6.07) is 11.0. The van der Waals surface area contributed by atoms with E-state index in [2.05, 4.69) is 10.1 Å². The molecule has 27 heavy (non-hydrogen) atoms. The van der Waals surface area contributed by atoms with Crippen LogP contribution in [0.4, 0.5) is 0 Å². The Kier molecular flexibility index (Phi) is 5.63. The van der Waals surface area contributed by atoms with Crippen molar-refractivity contribution in [2.24, 2.45) is 7.05 Å². The summed E-state index contributed by atoms with van der Waals surface area (Å²) < 4.78 is 1.56. The molecule has 2 aromatic heterocycles. The molecule has 0 bridgehead atoms. The average Bonchev–Trinajstić information content (AvgIpc) is 2.93. The fourth-order valence-electron chi connectivity index (χ4n) is 2.89. The Morgan fingerprint density at radius 2 is 2.04 bits per heavy atom. The van der Waals surface area contributed by atoms with Crippen molar-refractivity contribution >= 4 is 34.7 Å². The second-order valence-electron chi connectivity index (χ2n) is 6.03. The van der Waals surface area contributed by atoms with Gasteiger partial charge in [0.1, 0.15) is 10.8 Å². The van der Waals surface area contributed by atoms with Gasteiger partial charge in [-0.25, -0.2) is 0 Å². The van der Waals surface area contributed by atoms with Crippen molar-refractivity contribution in [2.75, 3.05) is 0 Å². The van der Waals surface area contributed by atoms with Crippen LogP contribution in [0, 0.1) is 6.92 Å². The van der Waals surface area contributed by atoms with Gasteiger partial charge in [-0.05, 0) is 47.9 Å². The standard InChI is InChI=1S/C20H17Cl2N3O2/c1-12-11-13(21)6-7-14(12)15(8-9-17(26)27)18-19(24-25(2)20(18)22)16-5-3-4-10-23-16/h3-8,10-11H,9H2,1-2H3,(H,26,27). The molecule has 3 aromatic rings. The lowest BCUT2D eigenvalue weighted by Crippen LogP contribution is -1.98. The van der Waals surface area contributed by atoms with E-state index in [1.165, 1.54) is 0 Å². The lowest BCUT2D eigenvalue weighted by molar-refractivity contribution is -0.135. The molecule has 0 atom stereocenters.